The first kappa shape index (κ1) is 20.8. The van der Waals surface area contributed by atoms with Crippen molar-refractivity contribution >= 4 is 33.0 Å². The van der Waals surface area contributed by atoms with Crippen molar-refractivity contribution in [2.75, 3.05) is 11.8 Å². The number of sulfonamides is 1. The number of hydrogen-bond donors (Lipinski definition) is 1. The van der Waals surface area contributed by atoms with E-state index < -0.39 is 20.7 Å². The van der Waals surface area contributed by atoms with Gasteiger partial charge >= 0.3 is 0 Å². The highest BCUT2D eigenvalue weighted by atomic mass is 35.5. The molecule has 158 valence electrons. The zero-order valence-electron chi connectivity index (χ0n) is 15.9. The summed E-state index contributed by atoms with van der Waals surface area (Å²) in [5, 5.41) is 0.0683. The highest BCUT2D eigenvalue weighted by molar-refractivity contribution is 7.92. The molecule has 8 nitrogen and oxygen atoms in total. The Labute approximate surface area is 181 Å². The fraction of sp³-hybridized carbons (Fsp3) is 0.0500. The first-order valence-corrected chi connectivity index (χ1v) is 10.6. The van der Waals surface area contributed by atoms with E-state index in [-0.39, 0.29) is 22.1 Å². The van der Waals surface area contributed by atoms with E-state index in [2.05, 4.69) is 14.7 Å². The Morgan fingerprint density at radius 3 is 2.65 bits per heavy atom. The molecule has 4 aromatic rings. The molecule has 4 rings (SSSR count). The molecule has 0 amide bonds. The molecule has 0 spiro atoms. The minimum atomic E-state index is -4.30. The number of methoxy groups -OCH3 is 1. The number of aromatic nitrogens is 3. The number of benzene rings is 1. The molecule has 3 aromatic heterocycles. The second kappa shape index (κ2) is 7.97. The molecule has 0 saturated heterocycles. The predicted molar refractivity (Wildman–Crippen MR) is 113 cm³/mol. The van der Waals surface area contributed by atoms with Crippen molar-refractivity contribution in [3.8, 4) is 17.0 Å². The van der Waals surface area contributed by atoms with Crippen molar-refractivity contribution in [3.63, 3.8) is 0 Å². The Morgan fingerprint density at radius 2 is 1.90 bits per heavy atom. The van der Waals surface area contributed by atoms with Crippen LogP contribution in [0.25, 0.3) is 16.8 Å². The zero-order valence-corrected chi connectivity index (χ0v) is 17.5. The van der Waals surface area contributed by atoms with Crippen molar-refractivity contribution in [3.05, 3.63) is 82.2 Å². The molecule has 1 aromatic carbocycles. The van der Waals surface area contributed by atoms with E-state index in [1.54, 1.807) is 18.3 Å². The lowest BCUT2D eigenvalue weighted by molar-refractivity contribution is 0.400. The fourth-order valence-corrected chi connectivity index (χ4v) is 4.21. The Morgan fingerprint density at radius 1 is 1.10 bits per heavy atom. The van der Waals surface area contributed by atoms with Gasteiger partial charge in [-0.25, -0.2) is 22.8 Å². The number of rotatable bonds is 5. The van der Waals surface area contributed by atoms with Crippen LogP contribution in [0.3, 0.4) is 0 Å². The van der Waals surface area contributed by atoms with E-state index in [9.17, 15) is 17.6 Å². The van der Waals surface area contributed by atoms with Gasteiger partial charge in [-0.1, -0.05) is 11.6 Å². The van der Waals surface area contributed by atoms with Gasteiger partial charge < -0.3 is 4.74 Å². The van der Waals surface area contributed by atoms with Crippen LogP contribution in [0.1, 0.15) is 0 Å². The number of halogens is 2. The average molecular weight is 461 g/mol. The number of hydrogen-bond acceptors (Lipinski definition) is 6. The van der Waals surface area contributed by atoms with Crippen molar-refractivity contribution in [2.24, 2.45) is 0 Å². The van der Waals surface area contributed by atoms with Crippen LogP contribution in [0.4, 0.5) is 10.1 Å². The first-order chi connectivity index (χ1) is 14.8. The van der Waals surface area contributed by atoms with Crippen molar-refractivity contribution in [1.82, 2.24) is 14.4 Å². The third-order valence-electron chi connectivity index (χ3n) is 4.39. The molecular formula is C20H14ClFN4O4S. The number of fused-ring (bicyclic) bond motifs is 1. The van der Waals surface area contributed by atoms with Crippen molar-refractivity contribution in [1.29, 1.82) is 0 Å². The summed E-state index contributed by atoms with van der Waals surface area (Å²) in [6, 6.07) is 9.39. The van der Waals surface area contributed by atoms with Crippen LogP contribution >= 0.6 is 11.6 Å². The molecule has 1 N–H and O–H groups in total. The van der Waals surface area contributed by atoms with Crippen LogP contribution in [0, 0.1) is 5.82 Å². The molecule has 31 heavy (non-hydrogen) atoms. The monoisotopic (exact) mass is 460 g/mol. The number of pyridine rings is 2. The Kier molecular flexibility index (Phi) is 5.34. The molecule has 11 heteroatoms. The molecule has 0 fully saturated rings. The van der Waals surface area contributed by atoms with E-state index in [0.29, 0.717) is 16.8 Å². The topological polar surface area (TPSA) is 103 Å². The van der Waals surface area contributed by atoms with Gasteiger partial charge in [-0.05, 0) is 36.4 Å². The van der Waals surface area contributed by atoms with Gasteiger partial charge in [0.05, 0.1) is 7.11 Å². The molecule has 0 aliphatic rings. The summed E-state index contributed by atoms with van der Waals surface area (Å²) in [5.41, 5.74) is 1.25. The SMILES string of the molecule is COc1ncc(-c2ccc3nccc(=O)n3c2)cc1NS(=O)(=O)c1ccc(Cl)cc1F. The number of ether oxygens (including phenoxy) is 1. The molecule has 0 radical (unpaired) electrons. The average Bonchev–Trinajstić information content (AvgIpc) is 2.73. The highest BCUT2D eigenvalue weighted by Crippen LogP contribution is 2.31. The summed E-state index contributed by atoms with van der Waals surface area (Å²) in [6.45, 7) is 0. The molecule has 0 bridgehead atoms. The summed E-state index contributed by atoms with van der Waals surface area (Å²) in [4.78, 5) is 19.7. The van der Waals surface area contributed by atoms with Gasteiger partial charge in [0.25, 0.3) is 15.6 Å². The maximum absolute atomic E-state index is 14.2. The second-order valence-corrected chi connectivity index (χ2v) is 8.48. The van der Waals surface area contributed by atoms with Crippen LogP contribution in [-0.2, 0) is 10.0 Å². The number of nitrogens with one attached hydrogen (secondary N) is 1. The maximum Gasteiger partial charge on any atom is 0.264 e. The lowest BCUT2D eigenvalue weighted by atomic mass is 10.1. The first-order valence-electron chi connectivity index (χ1n) is 8.78. The molecule has 0 aliphatic carbocycles. The zero-order chi connectivity index (χ0) is 22.2. The van der Waals surface area contributed by atoms with Gasteiger partial charge in [0, 0.05) is 40.8 Å². The van der Waals surface area contributed by atoms with Gasteiger partial charge in [-0.3, -0.25) is 13.9 Å². The minimum Gasteiger partial charge on any atom is -0.480 e. The Balaban J connectivity index is 1.78. The van der Waals surface area contributed by atoms with Gasteiger partial charge in [0.2, 0.25) is 5.88 Å². The molecule has 3 heterocycles. The largest absolute Gasteiger partial charge is 0.480 e. The van der Waals surface area contributed by atoms with Gasteiger partial charge in [-0.2, -0.15) is 0 Å². The van der Waals surface area contributed by atoms with Crippen LogP contribution in [-0.4, -0.2) is 29.9 Å². The van der Waals surface area contributed by atoms with E-state index in [0.717, 1.165) is 12.1 Å². The summed E-state index contributed by atoms with van der Waals surface area (Å²) >= 11 is 5.70. The van der Waals surface area contributed by atoms with Crippen molar-refractivity contribution < 1.29 is 17.5 Å². The van der Waals surface area contributed by atoms with Crippen LogP contribution in [0.5, 0.6) is 5.88 Å². The van der Waals surface area contributed by atoms with Gasteiger partial charge in [0.15, 0.2) is 0 Å². The van der Waals surface area contributed by atoms with Crippen LogP contribution < -0.4 is 15.0 Å². The van der Waals surface area contributed by atoms with E-state index in [1.165, 1.54) is 42.1 Å². The van der Waals surface area contributed by atoms with Crippen LogP contribution in [0.2, 0.25) is 5.02 Å². The number of anilines is 1. The van der Waals surface area contributed by atoms with E-state index >= 15 is 0 Å². The second-order valence-electron chi connectivity index (χ2n) is 6.39. The Bertz CT molecular complexity index is 1470. The highest BCUT2D eigenvalue weighted by Gasteiger charge is 2.22. The third kappa shape index (κ3) is 4.07. The quantitative estimate of drug-likeness (QED) is 0.490. The lowest BCUT2D eigenvalue weighted by Gasteiger charge is -2.13. The molecular weight excluding hydrogens is 447 g/mol. The van der Waals surface area contributed by atoms with Gasteiger partial charge in [-0.15, -0.1) is 0 Å². The fourth-order valence-electron chi connectivity index (χ4n) is 2.94. The summed E-state index contributed by atoms with van der Waals surface area (Å²) in [6.07, 6.45) is 4.43. The molecule has 0 aliphatic heterocycles. The normalized spacial score (nSPS) is 11.5. The van der Waals surface area contributed by atoms with E-state index in [4.69, 9.17) is 16.3 Å². The Hall–Kier alpha value is -3.50. The van der Waals surface area contributed by atoms with Crippen molar-refractivity contribution in [2.45, 2.75) is 4.90 Å². The molecule has 0 unspecified atom stereocenters. The third-order valence-corrected chi connectivity index (χ3v) is 6.03. The lowest BCUT2D eigenvalue weighted by Crippen LogP contribution is -2.15. The summed E-state index contributed by atoms with van der Waals surface area (Å²) in [5.74, 6) is -1.01. The summed E-state index contributed by atoms with van der Waals surface area (Å²) in [7, 11) is -2.98. The predicted octanol–water partition coefficient (Wildman–Crippen LogP) is 3.36. The standard InChI is InChI=1S/C20H14ClFN4O4S/c1-30-20-16(25-31(28,29)17-4-3-14(21)9-15(17)22)8-13(10-24-20)12-2-5-18-23-7-6-19(27)26(18)11-12/h2-11,25H,1H3. The van der Waals surface area contributed by atoms with Gasteiger partial charge in [0.1, 0.15) is 22.0 Å². The molecule has 0 atom stereocenters. The maximum atomic E-state index is 14.2. The number of nitrogens with zero attached hydrogens (tertiary/aromatic N) is 3. The minimum absolute atomic E-state index is 0.00650. The smallest absolute Gasteiger partial charge is 0.264 e. The molecule has 0 saturated carbocycles. The van der Waals surface area contributed by atoms with Crippen LogP contribution in [0.15, 0.2) is 70.7 Å². The summed E-state index contributed by atoms with van der Waals surface area (Å²) < 4.78 is 48.4. The van der Waals surface area contributed by atoms with E-state index in [1.807, 2.05) is 0 Å².